The smallest absolute Gasteiger partial charge is 0.279 e. The van der Waals surface area contributed by atoms with Gasteiger partial charge in [0.25, 0.3) is 5.91 Å². The summed E-state index contributed by atoms with van der Waals surface area (Å²) in [5.41, 5.74) is 1.59. The normalized spacial score (nSPS) is 11.7. The van der Waals surface area contributed by atoms with Crippen LogP contribution in [-0.2, 0) is 4.79 Å². The zero-order chi connectivity index (χ0) is 18.4. The highest BCUT2D eigenvalue weighted by molar-refractivity contribution is 6.13. The quantitative estimate of drug-likeness (QED) is 0.644. The van der Waals surface area contributed by atoms with Crippen molar-refractivity contribution in [3.05, 3.63) is 89.9 Å². The third-order valence-corrected chi connectivity index (χ3v) is 4.13. The van der Waals surface area contributed by atoms with Crippen LogP contribution in [0.25, 0.3) is 0 Å². The predicted octanol–water partition coefficient (Wildman–Crippen LogP) is 2.77. The van der Waals surface area contributed by atoms with Crippen molar-refractivity contribution in [2.75, 3.05) is 11.9 Å². The molecular weight excluding hydrogens is 328 g/mol. The Morgan fingerprint density at radius 1 is 1.00 bits per heavy atom. The molecule has 1 atom stereocenters. The van der Waals surface area contributed by atoms with Gasteiger partial charge >= 0.3 is 0 Å². The number of furan rings is 1. The Morgan fingerprint density at radius 3 is 2.46 bits per heavy atom. The molecule has 0 saturated carbocycles. The van der Waals surface area contributed by atoms with E-state index in [9.17, 15) is 9.59 Å². The first-order valence-electron chi connectivity index (χ1n) is 8.50. The van der Waals surface area contributed by atoms with E-state index < -0.39 is 0 Å². The predicted molar refractivity (Wildman–Crippen MR) is 98.9 cm³/mol. The first-order chi connectivity index (χ1) is 12.6. The molecule has 0 unspecified atom stereocenters. The number of carbonyl (C=O) groups is 2. The highest BCUT2D eigenvalue weighted by Crippen LogP contribution is 2.19. The lowest BCUT2D eigenvalue weighted by molar-refractivity contribution is -0.684. The summed E-state index contributed by atoms with van der Waals surface area (Å²) in [6.45, 7) is 2.20. The highest BCUT2D eigenvalue weighted by atomic mass is 16.3. The number of carbonyl (C=O) groups excluding carboxylic acids is 2. The van der Waals surface area contributed by atoms with Gasteiger partial charge in [-0.05, 0) is 31.2 Å². The number of hydrogen-bond acceptors (Lipinski definition) is 3. The maximum absolute atomic E-state index is 12.7. The van der Waals surface area contributed by atoms with Crippen molar-refractivity contribution in [1.29, 1.82) is 0 Å². The molecule has 0 bridgehead atoms. The van der Waals surface area contributed by atoms with Gasteiger partial charge in [0.15, 0.2) is 18.1 Å². The first kappa shape index (κ1) is 17.6. The van der Waals surface area contributed by atoms with Gasteiger partial charge in [-0.15, -0.1) is 0 Å². The van der Waals surface area contributed by atoms with Crippen LogP contribution in [0.15, 0.2) is 77.4 Å². The van der Waals surface area contributed by atoms with Crippen molar-refractivity contribution < 1.29 is 19.3 Å². The Hall–Kier alpha value is -3.18. The molecule has 2 aromatic carbocycles. The standard InChI is InChI=1S/C21H20N2O3/c1-15(19-12-7-13-26-19)22-14-20(24)23-18-11-6-5-10-17(18)21(25)16-8-3-2-4-9-16/h2-13,15,22H,14H2,1H3,(H,23,24)/p+1/t15-/m0/s1. The molecule has 132 valence electrons. The minimum atomic E-state index is -0.170. The van der Waals surface area contributed by atoms with E-state index in [-0.39, 0.29) is 24.3 Å². The van der Waals surface area contributed by atoms with Crippen molar-refractivity contribution in [3.63, 3.8) is 0 Å². The summed E-state index contributed by atoms with van der Waals surface area (Å²) in [5.74, 6) is 0.531. The van der Waals surface area contributed by atoms with Crippen LogP contribution in [0.1, 0.15) is 34.6 Å². The maximum Gasteiger partial charge on any atom is 0.279 e. The van der Waals surface area contributed by atoms with Crippen molar-refractivity contribution in [1.82, 2.24) is 0 Å². The van der Waals surface area contributed by atoms with E-state index in [1.54, 1.807) is 42.7 Å². The molecule has 1 aromatic heterocycles. The SMILES string of the molecule is C[C@H]([NH2+]CC(=O)Nc1ccccc1C(=O)c1ccccc1)c1ccco1. The zero-order valence-corrected chi connectivity index (χ0v) is 14.5. The number of nitrogens with one attached hydrogen (secondary N) is 1. The second-order valence-corrected chi connectivity index (χ2v) is 6.03. The number of rotatable bonds is 7. The lowest BCUT2D eigenvalue weighted by Gasteiger charge is -2.11. The molecule has 0 aliphatic rings. The summed E-state index contributed by atoms with van der Waals surface area (Å²) in [4.78, 5) is 25.0. The van der Waals surface area contributed by atoms with Crippen LogP contribution in [0, 0.1) is 0 Å². The van der Waals surface area contributed by atoms with E-state index in [0.29, 0.717) is 16.8 Å². The summed E-state index contributed by atoms with van der Waals surface area (Å²) < 4.78 is 5.34. The Bertz CT molecular complexity index is 873. The van der Waals surface area contributed by atoms with E-state index in [4.69, 9.17) is 4.42 Å². The van der Waals surface area contributed by atoms with Crippen molar-refractivity contribution in [3.8, 4) is 0 Å². The van der Waals surface area contributed by atoms with Crippen LogP contribution in [0.5, 0.6) is 0 Å². The first-order valence-corrected chi connectivity index (χ1v) is 8.50. The Labute approximate surface area is 152 Å². The van der Waals surface area contributed by atoms with Crippen molar-refractivity contribution in [2.45, 2.75) is 13.0 Å². The van der Waals surface area contributed by atoms with Gasteiger partial charge in [-0.2, -0.15) is 0 Å². The molecule has 0 spiro atoms. The minimum Gasteiger partial charge on any atom is -0.463 e. The Balaban J connectivity index is 1.66. The lowest BCUT2D eigenvalue weighted by Crippen LogP contribution is -2.86. The molecular formula is C21H21N2O3+. The minimum absolute atomic E-state index is 0.0388. The number of amides is 1. The maximum atomic E-state index is 12.7. The Morgan fingerprint density at radius 2 is 1.73 bits per heavy atom. The summed E-state index contributed by atoms with van der Waals surface area (Å²) in [6.07, 6.45) is 1.62. The summed E-state index contributed by atoms with van der Waals surface area (Å²) in [5, 5.41) is 4.72. The fourth-order valence-corrected chi connectivity index (χ4v) is 2.69. The molecule has 26 heavy (non-hydrogen) atoms. The fraction of sp³-hybridized carbons (Fsp3) is 0.143. The molecule has 0 saturated heterocycles. The average molecular weight is 349 g/mol. The summed E-state index contributed by atoms with van der Waals surface area (Å²) in [7, 11) is 0. The number of para-hydroxylation sites is 1. The molecule has 0 radical (unpaired) electrons. The molecule has 0 aliphatic carbocycles. The van der Waals surface area contributed by atoms with Gasteiger partial charge in [-0.25, -0.2) is 0 Å². The molecule has 1 amide bonds. The van der Waals surface area contributed by atoms with Crippen LogP contribution < -0.4 is 10.6 Å². The van der Waals surface area contributed by atoms with Crippen molar-refractivity contribution in [2.24, 2.45) is 0 Å². The third kappa shape index (κ3) is 4.26. The van der Waals surface area contributed by atoms with Gasteiger partial charge in [0, 0.05) is 11.1 Å². The Kier molecular flexibility index (Phi) is 5.61. The van der Waals surface area contributed by atoms with Gasteiger partial charge in [0.05, 0.1) is 12.0 Å². The van der Waals surface area contributed by atoms with Crippen LogP contribution in [0.2, 0.25) is 0 Å². The lowest BCUT2D eigenvalue weighted by atomic mass is 10.0. The highest BCUT2D eigenvalue weighted by Gasteiger charge is 2.17. The number of quaternary nitrogens is 1. The molecule has 5 nitrogen and oxygen atoms in total. The number of ketones is 1. The van der Waals surface area contributed by atoms with E-state index in [0.717, 1.165) is 5.76 Å². The van der Waals surface area contributed by atoms with E-state index in [1.165, 1.54) is 0 Å². The van der Waals surface area contributed by atoms with Gasteiger partial charge in [0.2, 0.25) is 0 Å². The molecule has 1 heterocycles. The topological polar surface area (TPSA) is 75.9 Å². The monoisotopic (exact) mass is 349 g/mol. The van der Waals surface area contributed by atoms with Gasteiger partial charge in [-0.1, -0.05) is 42.5 Å². The number of hydrogen-bond donors (Lipinski definition) is 2. The van der Waals surface area contributed by atoms with Crippen LogP contribution >= 0.6 is 0 Å². The second-order valence-electron chi connectivity index (χ2n) is 6.03. The fourth-order valence-electron chi connectivity index (χ4n) is 2.69. The summed E-state index contributed by atoms with van der Waals surface area (Å²) in [6, 6.07) is 19.8. The molecule has 0 aliphatic heterocycles. The van der Waals surface area contributed by atoms with Crippen LogP contribution in [0.3, 0.4) is 0 Å². The largest absolute Gasteiger partial charge is 0.463 e. The van der Waals surface area contributed by atoms with Gasteiger partial charge in [0.1, 0.15) is 6.04 Å². The van der Waals surface area contributed by atoms with E-state index in [1.807, 2.05) is 42.6 Å². The second kappa shape index (κ2) is 8.27. The van der Waals surface area contributed by atoms with Gasteiger partial charge < -0.3 is 15.1 Å². The number of nitrogens with two attached hydrogens (primary N) is 1. The van der Waals surface area contributed by atoms with Crippen molar-refractivity contribution >= 4 is 17.4 Å². The van der Waals surface area contributed by atoms with E-state index >= 15 is 0 Å². The molecule has 5 heteroatoms. The number of benzene rings is 2. The van der Waals surface area contributed by atoms with Crippen LogP contribution in [-0.4, -0.2) is 18.2 Å². The molecule has 3 aromatic rings. The van der Waals surface area contributed by atoms with Gasteiger partial charge in [-0.3, -0.25) is 9.59 Å². The number of anilines is 1. The molecule has 3 rings (SSSR count). The zero-order valence-electron chi connectivity index (χ0n) is 14.5. The molecule has 3 N–H and O–H groups in total. The summed E-state index contributed by atoms with van der Waals surface area (Å²) >= 11 is 0. The molecule has 0 fully saturated rings. The van der Waals surface area contributed by atoms with E-state index in [2.05, 4.69) is 5.32 Å². The van der Waals surface area contributed by atoms with Crippen LogP contribution in [0.4, 0.5) is 5.69 Å². The third-order valence-electron chi connectivity index (χ3n) is 4.13. The average Bonchev–Trinajstić information content (AvgIpc) is 3.21.